The molecule has 1 saturated carbocycles. The highest BCUT2D eigenvalue weighted by Gasteiger charge is 2.49. The molecule has 1 N–H and O–H groups in total. The number of nitrogens with one attached hydrogen (secondary N) is 1. The van der Waals surface area contributed by atoms with Gasteiger partial charge in [0.2, 0.25) is 5.91 Å². The summed E-state index contributed by atoms with van der Waals surface area (Å²) in [6.07, 6.45) is 6.05. The SMILES string of the molecule is CCC[C@@H](N[C@H](C)C(=O)N1[C@H](C(=O)OCc2ccc(Cl)cc2)C[C@@H]2CCCC[C@@H]21)C(=O)OCC. The van der Waals surface area contributed by atoms with Crippen LogP contribution in [0.4, 0.5) is 0 Å². The molecule has 2 aliphatic rings. The number of fused-ring (bicyclic) bond motifs is 1. The summed E-state index contributed by atoms with van der Waals surface area (Å²) in [7, 11) is 0. The third kappa shape index (κ3) is 6.51. The number of nitrogens with zero attached hydrogens (tertiary/aromatic N) is 1. The van der Waals surface area contributed by atoms with E-state index in [1.807, 2.05) is 19.1 Å². The summed E-state index contributed by atoms with van der Waals surface area (Å²) in [5.41, 5.74) is 0.845. The van der Waals surface area contributed by atoms with Crippen molar-refractivity contribution in [1.82, 2.24) is 10.2 Å². The number of hydrogen-bond acceptors (Lipinski definition) is 6. The molecule has 7 nitrogen and oxygen atoms in total. The number of benzene rings is 1. The molecule has 188 valence electrons. The Morgan fingerprint density at radius 3 is 2.50 bits per heavy atom. The molecule has 0 unspecified atom stereocenters. The smallest absolute Gasteiger partial charge is 0.329 e. The van der Waals surface area contributed by atoms with Gasteiger partial charge in [-0.25, -0.2) is 4.79 Å². The first kappa shape index (κ1) is 26.5. The lowest BCUT2D eigenvalue weighted by Crippen LogP contribution is -2.55. The Kier molecular flexibility index (Phi) is 9.77. The number of ether oxygens (including phenoxy) is 2. The van der Waals surface area contributed by atoms with Crippen molar-refractivity contribution in [2.45, 2.75) is 96.5 Å². The van der Waals surface area contributed by atoms with E-state index in [0.29, 0.717) is 30.4 Å². The van der Waals surface area contributed by atoms with Gasteiger partial charge in [0.25, 0.3) is 0 Å². The summed E-state index contributed by atoms with van der Waals surface area (Å²) in [4.78, 5) is 40.9. The van der Waals surface area contributed by atoms with E-state index in [9.17, 15) is 14.4 Å². The third-order valence-corrected chi connectivity index (χ3v) is 7.13. The molecule has 34 heavy (non-hydrogen) atoms. The van der Waals surface area contributed by atoms with Crippen LogP contribution in [-0.4, -0.2) is 53.5 Å². The predicted octanol–water partition coefficient (Wildman–Crippen LogP) is 4.25. The van der Waals surface area contributed by atoms with E-state index in [4.69, 9.17) is 21.1 Å². The maximum atomic E-state index is 13.6. The summed E-state index contributed by atoms with van der Waals surface area (Å²) in [6, 6.07) is 5.42. The van der Waals surface area contributed by atoms with Crippen LogP contribution in [0.1, 0.15) is 71.3 Å². The van der Waals surface area contributed by atoms with Crippen molar-refractivity contribution in [3.63, 3.8) is 0 Å². The van der Waals surface area contributed by atoms with Crippen LogP contribution in [0.15, 0.2) is 24.3 Å². The molecule has 1 saturated heterocycles. The molecule has 8 heteroatoms. The number of rotatable bonds is 10. The Balaban J connectivity index is 1.71. The fourth-order valence-electron chi connectivity index (χ4n) is 5.22. The molecule has 2 fully saturated rings. The Labute approximate surface area is 207 Å². The molecule has 1 aliphatic carbocycles. The minimum absolute atomic E-state index is 0.0331. The van der Waals surface area contributed by atoms with E-state index < -0.39 is 18.1 Å². The van der Waals surface area contributed by atoms with E-state index in [0.717, 1.165) is 37.7 Å². The summed E-state index contributed by atoms with van der Waals surface area (Å²) >= 11 is 5.94. The van der Waals surface area contributed by atoms with Crippen LogP contribution in [0.25, 0.3) is 0 Å². The molecule has 5 atom stereocenters. The van der Waals surface area contributed by atoms with Gasteiger partial charge in [0.15, 0.2) is 0 Å². The zero-order chi connectivity index (χ0) is 24.7. The third-order valence-electron chi connectivity index (χ3n) is 6.88. The van der Waals surface area contributed by atoms with E-state index in [1.54, 1.807) is 30.9 Å². The molecular weight excluding hydrogens is 456 g/mol. The first-order chi connectivity index (χ1) is 16.3. The minimum atomic E-state index is -0.617. The van der Waals surface area contributed by atoms with Crippen LogP contribution in [-0.2, 0) is 30.5 Å². The van der Waals surface area contributed by atoms with E-state index in [2.05, 4.69) is 5.32 Å². The highest BCUT2D eigenvalue weighted by molar-refractivity contribution is 6.30. The van der Waals surface area contributed by atoms with Crippen LogP contribution in [0.3, 0.4) is 0 Å². The number of carbonyl (C=O) groups is 3. The molecule has 0 radical (unpaired) electrons. The first-order valence-corrected chi connectivity index (χ1v) is 12.9. The van der Waals surface area contributed by atoms with Crippen LogP contribution in [0.5, 0.6) is 0 Å². The second kappa shape index (κ2) is 12.5. The van der Waals surface area contributed by atoms with Crippen LogP contribution in [0, 0.1) is 5.92 Å². The van der Waals surface area contributed by atoms with Crippen molar-refractivity contribution in [2.24, 2.45) is 5.92 Å². The number of hydrogen-bond donors (Lipinski definition) is 1. The van der Waals surface area contributed by atoms with Gasteiger partial charge in [-0.3, -0.25) is 14.9 Å². The average molecular weight is 493 g/mol. The average Bonchev–Trinajstić information content (AvgIpc) is 3.22. The highest BCUT2D eigenvalue weighted by Crippen LogP contribution is 2.40. The van der Waals surface area contributed by atoms with Gasteiger partial charge >= 0.3 is 11.9 Å². The van der Waals surface area contributed by atoms with Gasteiger partial charge in [-0.05, 0) is 63.1 Å². The Hall–Kier alpha value is -2.12. The predicted molar refractivity (Wildman–Crippen MR) is 130 cm³/mol. The second-order valence-electron chi connectivity index (χ2n) is 9.32. The lowest BCUT2D eigenvalue weighted by atomic mass is 9.84. The first-order valence-electron chi connectivity index (χ1n) is 12.5. The fraction of sp³-hybridized carbons (Fsp3) is 0.654. The lowest BCUT2D eigenvalue weighted by Gasteiger charge is -2.35. The summed E-state index contributed by atoms with van der Waals surface area (Å²) in [5.74, 6) is -0.581. The topological polar surface area (TPSA) is 84.9 Å². The van der Waals surface area contributed by atoms with Crippen molar-refractivity contribution >= 4 is 29.4 Å². The molecule has 1 aliphatic heterocycles. The number of esters is 2. The fourth-order valence-corrected chi connectivity index (χ4v) is 5.34. The Morgan fingerprint density at radius 2 is 1.82 bits per heavy atom. The highest BCUT2D eigenvalue weighted by atomic mass is 35.5. The van der Waals surface area contributed by atoms with Crippen molar-refractivity contribution in [3.8, 4) is 0 Å². The lowest BCUT2D eigenvalue weighted by molar-refractivity contribution is -0.157. The van der Waals surface area contributed by atoms with Crippen molar-refractivity contribution < 1.29 is 23.9 Å². The molecule has 0 spiro atoms. The number of halogens is 1. The molecule has 3 rings (SSSR count). The van der Waals surface area contributed by atoms with E-state index >= 15 is 0 Å². The van der Waals surface area contributed by atoms with Gasteiger partial charge in [0.1, 0.15) is 18.7 Å². The zero-order valence-corrected chi connectivity index (χ0v) is 21.2. The van der Waals surface area contributed by atoms with Crippen molar-refractivity contribution in [3.05, 3.63) is 34.9 Å². The van der Waals surface area contributed by atoms with Crippen molar-refractivity contribution in [1.29, 1.82) is 0 Å². The standard InChI is InChI=1S/C26H37ClN2O5/c1-4-8-21(25(31)33-5-2)28-17(3)24(30)29-22-10-7-6-9-19(22)15-23(29)26(32)34-16-18-11-13-20(27)14-12-18/h11-14,17,19,21-23,28H,4-10,15-16H2,1-3H3/t17-,19+,21-,22+,23+/m1/s1. The van der Waals surface area contributed by atoms with Crippen LogP contribution < -0.4 is 5.32 Å². The van der Waals surface area contributed by atoms with Gasteiger partial charge in [0.05, 0.1) is 12.6 Å². The molecule has 1 aromatic carbocycles. The quantitative estimate of drug-likeness (QED) is 0.491. The summed E-state index contributed by atoms with van der Waals surface area (Å²) in [5, 5.41) is 3.79. The molecule has 0 bridgehead atoms. The van der Waals surface area contributed by atoms with E-state index in [1.165, 1.54) is 0 Å². The number of amides is 1. The maximum Gasteiger partial charge on any atom is 0.329 e. The normalized spacial score (nSPS) is 23.6. The summed E-state index contributed by atoms with van der Waals surface area (Å²) < 4.78 is 10.8. The summed E-state index contributed by atoms with van der Waals surface area (Å²) in [6.45, 7) is 5.94. The van der Waals surface area contributed by atoms with Gasteiger partial charge in [-0.15, -0.1) is 0 Å². The Bertz CT molecular complexity index is 846. The largest absolute Gasteiger partial charge is 0.465 e. The monoisotopic (exact) mass is 492 g/mol. The van der Waals surface area contributed by atoms with Gasteiger partial charge in [0, 0.05) is 11.1 Å². The van der Waals surface area contributed by atoms with Crippen LogP contribution in [0.2, 0.25) is 5.02 Å². The number of likely N-dealkylation sites (tertiary alicyclic amines) is 1. The zero-order valence-electron chi connectivity index (χ0n) is 20.4. The second-order valence-corrected chi connectivity index (χ2v) is 9.76. The van der Waals surface area contributed by atoms with Crippen LogP contribution >= 0.6 is 11.6 Å². The van der Waals surface area contributed by atoms with E-state index in [-0.39, 0.29) is 30.5 Å². The Morgan fingerprint density at radius 1 is 1.12 bits per heavy atom. The molecule has 1 aromatic rings. The number of carbonyl (C=O) groups excluding carboxylic acids is 3. The minimum Gasteiger partial charge on any atom is -0.465 e. The molecule has 1 amide bonds. The van der Waals surface area contributed by atoms with Gasteiger partial charge in [-0.1, -0.05) is 49.9 Å². The maximum absolute atomic E-state index is 13.6. The van der Waals surface area contributed by atoms with Gasteiger partial charge in [-0.2, -0.15) is 0 Å². The molecular formula is C26H37ClN2O5. The van der Waals surface area contributed by atoms with Crippen molar-refractivity contribution in [2.75, 3.05) is 6.61 Å². The molecule has 1 heterocycles. The van der Waals surface area contributed by atoms with Gasteiger partial charge < -0.3 is 14.4 Å². The molecule has 0 aromatic heterocycles.